The Kier molecular flexibility index (Phi) is 4.09. The van der Waals surface area contributed by atoms with E-state index < -0.39 is 5.82 Å². The standard InChI is InChI=1S/C16H14FN5O/c1-21(12-7-3-2-4-8-12)15(23)11-22-19-16(18-20-22)13-9-5-6-10-14(13)17/h2-10H,11H2,1H3. The Morgan fingerprint density at radius 3 is 2.57 bits per heavy atom. The molecular formula is C16H14FN5O. The minimum absolute atomic E-state index is 0.0765. The zero-order valence-electron chi connectivity index (χ0n) is 12.4. The highest BCUT2D eigenvalue weighted by Gasteiger charge is 2.15. The number of nitrogens with zero attached hydrogens (tertiary/aromatic N) is 5. The zero-order chi connectivity index (χ0) is 16.2. The Morgan fingerprint density at radius 1 is 1.13 bits per heavy atom. The normalized spacial score (nSPS) is 10.5. The minimum Gasteiger partial charge on any atom is -0.314 e. The lowest BCUT2D eigenvalue weighted by Crippen LogP contribution is -2.30. The largest absolute Gasteiger partial charge is 0.314 e. The number of para-hydroxylation sites is 1. The van der Waals surface area contributed by atoms with Gasteiger partial charge in [0, 0.05) is 12.7 Å². The summed E-state index contributed by atoms with van der Waals surface area (Å²) in [6.07, 6.45) is 0. The smallest absolute Gasteiger partial charge is 0.250 e. The van der Waals surface area contributed by atoms with Crippen LogP contribution in [0.25, 0.3) is 11.4 Å². The predicted octanol–water partition coefficient (Wildman–Crippen LogP) is 2.14. The molecule has 2 aromatic carbocycles. The highest BCUT2D eigenvalue weighted by molar-refractivity contribution is 5.92. The molecule has 0 unspecified atom stereocenters. The van der Waals surface area contributed by atoms with Gasteiger partial charge in [-0.15, -0.1) is 10.2 Å². The van der Waals surface area contributed by atoms with Gasteiger partial charge in [-0.05, 0) is 29.5 Å². The number of hydrogen-bond donors (Lipinski definition) is 0. The van der Waals surface area contributed by atoms with E-state index in [-0.39, 0.29) is 23.8 Å². The quantitative estimate of drug-likeness (QED) is 0.740. The number of carbonyl (C=O) groups is 1. The number of rotatable bonds is 4. The second-order valence-electron chi connectivity index (χ2n) is 4.91. The zero-order valence-corrected chi connectivity index (χ0v) is 12.4. The van der Waals surface area contributed by atoms with Gasteiger partial charge in [-0.25, -0.2) is 4.39 Å². The van der Waals surface area contributed by atoms with Crippen LogP contribution < -0.4 is 4.90 Å². The van der Waals surface area contributed by atoms with Gasteiger partial charge in [-0.2, -0.15) is 4.80 Å². The van der Waals surface area contributed by atoms with Crippen molar-refractivity contribution in [2.75, 3.05) is 11.9 Å². The first kappa shape index (κ1) is 14.8. The second-order valence-corrected chi connectivity index (χ2v) is 4.91. The van der Waals surface area contributed by atoms with Crippen LogP contribution in [0.15, 0.2) is 54.6 Å². The maximum absolute atomic E-state index is 13.7. The first-order valence-corrected chi connectivity index (χ1v) is 6.99. The van der Waals surface area contributed by atoms with Crippen molar-refractivity contribution in [3.63, 3.8) is 0 Å². The van der Waals surface area contributed by atoms with Gasteiger partial charge < -0.3 is 4.90 Å². The fourth-order valence-corrected chi connectivity index (χ4v) is 2.08. The average molecular weight is 311 g/mol. The summed E-state index contributed by atoms with van der Waals surface area (Å²) < 4.78 is 13.7. The lowest BCUT2D eigenvalue weighted by Gasteiger charge is -2.16. The fourth-order valence-electron chi connectivity index (χ4n) is 2.08. The van der Waals surface area contributed by atoms with Crippen molar-refractivity contribution in [3.05, 3.63) is 60.4 Å². The molecule has 0 N–H and O–H groups in total. The number of amides is 1. The minimum atomic E-state index is -0.431. The average Bonchev–Trinajstić information content (AvgIpc) is 3.03. The van der Waals surface area contributed by atoms with E-state index in [2.05, 4.69) is 15.4 Å². The third-order valence-electron chi connectivity index (χ3n) is 3.36. The van der Waals surface area contributed by atoms with E-state index in [4.69, 9.17) is 0 Å². The first-order valence-electron chi connectivity index (χ1n) is 6.99. The number of hydrogen-bond acceptors (Lipinski definition) is 4. The summed E-state index contributed by atoms with van der Waals surface area (Å²) in [5.74, 6) is -0.480. The highest BCUT2D eigenvalue weighted by Crippen LogP contribution is 2.17. The van der Waals surface area contributed by atoms with E-state index >= 15 is 0 Å². The summed E-state index contributed by atoms with van der Waals surface area (Å²) in [4.78, 5) is 14.9. The van der Waals surface area contributed by atoms with E-state index in [1.165, 1.54) is 11.0 Å². The molecule has 0 saturated carbocycles. The van der Waals surface area contributed by atoms with Crippen LogP contribution in [0.1, 0.15) is 0 Å². The van der Waals surface area contributed by atoms with Crippen molar-refractivity contribution in [1.82, 2.24) is 20.2 Å². The van der Waals surface area contributed by atoms with Crippen molar-refractivity contribution < 1.29 is 9.18 Å². The third-order valence-corrected chi connectivity index (χ3v) is 3.36. The monoisotopic (exact) mass is 311 g/mol. The van der Waals surface area contributed by atoms with Gasteiger partial charge >= 0.3 is 0 Å². The molecular weight excluding hydrogens is 297 g/mol. The number of likely N-dealkylation sites (N-methyl/N-ethyl adjacent to an activating group) is 1. The van der Waals surface area contributed by atoms with Crippen molar-refractivity contribution in [2.24, 2.45) is 0 Å². The van der Waals surface area contributed by atoms with Crippen molar-refractivity contribution in [1.29, 1.82) is 0 Å². The maximum atomic E-state index is 13.7. The van der Waals surface area contributed by atoms with Gasteiger partial charge in [0.25, 0.3) is 0 Å². The van der Waals surface area contributed by atoms with Crippen molar-refractivity contribution in [2.45, 2.75) is 6.54 Å². The second kappa shape index (κ2) is 6.35. The molecule has 0 aliphatic carbocycles. The van der Waals surface area contributed by atoms with Crippen LogP contribution in [0.5, 0.6) is 0 Å². The maximum Gasteiger partial charge on any atom is 0.250 e. The van der Waals surface area contributed by atoms with Crippen LogP contribution in [0.4, 0.5) is 10.1 Å². The van der Waals surface area contributed by atoms with Crippen LogP contribution in [0.3, 0.4) is 0 Å². The molecule has 1 heterocycles. The molecule has 0 aliphatic heterocycles. The summed E-state index contributed by atoms with van der Waals surface area (Å²) in [6.45, 7) is -0.0765. The van der Waals surface area contributed by atoms with Crippen molar-refractivity contribution >= 4 is 11.6 Å². The van der Waals surface area contributed by atoms with Gasteiger partial charge in [-0.1, -0.05) is 30.3 Å². The number of halogens is 1. The van der Waals surface area contributed by atoms with Gasteiger partial charge in [0.05, 0.1) is 5.56 Å². The molecule has 7 heteroatoms. The Hall–Kier alpha value is -3.09. The van der Waals surface area contributed by atoms with Crippen LogP contribution in [-0.4, -0.2) is 33.2 Å². The van der Waals surface area contributed by atoms with E-state index in [0.717, 1.165) is 10.5 Å². The van der Waals surface area contributed by atoms with Crippen LogP contribution in [0.2, 0.25) is 0 Å². The van der Waals surface area contributed by atoms with E-state index in [0.29, 0.717) is 0 Å². The molecule has 1 aromatic heterocycles. The Bertz CT molecular complexity index is 818. The van der Waals surface area contributed by atoms with Crippen molar-refractivity contribution in [3.8, 4) is 11.4 Å². The molecule has 3 aromatic rings. The fraction of sp³-hybridized carbons (Fsp3) is 0.125. The van der Waals surface area contributed by atoms with Gasteiger partial charge in [0.1, 0.15) is 12.4 Å². The number of benzene rings is 2. The molecule has 1 amide bonds. The molecule has 23 heavy (non-hydrogen) atoms. The molecule has 0 aliphatic rings. The van der Waals surface area contributed by atoms with Gasteiger partial charge in [0.2, 0.25) is 11.7 Å². The van der Waals surface area contributed by atoms with Crippen LogP contribution >= 0.6 is 0 Å². The molecule has 0 fully saturated rings. The number of anilines is 1. The Morgan fingerprint density at radius 2 is 1.83 bits per heavy atom. The molecule has 6 nitrogen and oxygen atoms in total. The summed E-state index contributed by atoms with van der Waals surface area (Å²) >= 11 is 0. The van der Waals surface area contributed by atoms with Crippen LogP contribution in [-0.2, 0) is 11.3 Å². The summed E-state index contributed by atoms with van der Waals surface area (Å²) in [5, 5.41) is 11.7. The van der Waals surface area contributed by atoms with E-state index in [1.54, 1.807) is 25.2 Å². The number of aromatic nitrogens is 4. The molecule has 0 saturated heterocycles. The summed E-state index contributed by atoms with van der Waals surface area (Å²) in [7, 11) is 1.67. The number of tetrazole rings is 1. The van der Waals surface area contributed by atoms with Crippen LogP contribution in [0, 0.1) is 5.82 Å². The SMILES string of the molecule is CN(C(=O)Cn1nnc(-c2ccccc2F)n1)c1ccccc1. The molecule has 116 valence electrons. The lowest BCUT2D eigenvalue weighted by molar-refractivity contribution is -0.119. The summed E-state index contributed by atoms with van der Waals surface area (Å²) in [5.41, 5.74) is 1.02. The molecule has 0 bridgehead atoms. The summed E-state index contributed by atoms with van der Waals surface area (Å²) in [6, 6.07) is 15.4. The van der Waals surface area contributed by atoms with Gasteiger partial charge in [0.15, 0.2) is 0 Å². The topological polar surface area (TPSA) is 63.9 Å². The first-order chi connectivity index (χ1) is 11.1. The molecule has 0 atom stereocenters. The lowest BCUT2D eigenvalue weighted by atomic mass is 10.2. The Labute approximate surface area is 132 Å². The Balaban J connectivity index is 1.74. The third kappa shape index (κ3) is 3.23. The predicted molar refractivity (Wildman–Crippen MR) is 83.1 cm³/mol. The molecule has 0 radical (unpaired) electrons. The van der Waals surface area contributed by atoms with E-state index in [1.807, 2.05) is 30.3 Å². The highest BCUT2D eigenvalue weighted by atomic mass is 19.1. The van der Waals surface area contributed by atoms with E-state index in [9.17, 15) is 9.18 Å². The van der Waals surface area contributed by atoms with Gasteiger partial charge in [-0.3, -0.25) is 4.79 Å². The number of carbonyl (C=O) groups excluding carboxylic acids is 1. The molecule has 0 spiro atoms. The molecule has 3 rings (SSSR count).